The van der Waals surface area contributed by atoms with Crippen LogP contribution >= 0.6 is 24.0 Å². The largest absolute Gasteiger partial charge is 0.508 e. The Morgan fingerprint density at radius 3 is 2.46 bits per heavy atom. The quantitative estimate of drug-likeness (QED) is 0.366. The Labute approximate surface area is 161 Å². The number of aromatic hydroxyl groups is 1. The number of halogens is 1. The van der Waals surface area contributed by atoms with Crippen LogP contribution in [0.4, 0.5) is 0 Å². The van der Waals surface area contributed by atoms with Gasteiger partial charge in [-0.15, -0.1) is 24.0 Å². The maximum atomic E-state index is 9.48. The van der Waals surface area contributed by atoms with Gasteiger partial charge in [0.1, 0.15) is 5.75 Å². The van der Waals surface area contributed by atoms with Crippen molar-refractivity contribution in [1.29, 1.82) is 0 Å². The van der Waals surface area contributed by atoms with Crippen LogP contribution in [0.25, 0.3) is 0 Å². The number of benzene rings is 2. The summed E-state index contributed by atoms with van der Waals surface area (Å²) in [6.07, 6.45) is 0.837. The van der Waals surface area contributed by atoms with Crippen LogP contribution in [-0.2, 0) is 13.0 Å². The first-order valence-electron chi connectivity index (χ1n) is 8.03. The third-order valence-electron chi connectivity index (χ3n) is 3.50. The van der Waals surface area contributed by atoms with Gasteiger partial charge in [0, 0.05) is 13.1 Å². The molecule has 0 radical (unpaired) electrons. The van der Waals surface area contributed by atoms with E-state index in [-0.39, 0.29) is 24.0 Å². The lowest BCUT2D eigenvalue weighted by atomic mass is 10.1. The highest BCUT2D eigenvalue weighted by Gasteiger charge is 1.99. The average molecular weight is 439 g/mol. The Hall–Kier alpha value is -1.76. The van der Waals surface area contributed by atoms with Crippen molar-refractivity contribution in [3.05, 3.63) is 65.2 Å². The third kappa shape index (κ3) is 7.21. The van der Waals surface area contributed by atoms with E-state index < -0.39 is 0 Å². The number of hydrogen-bond donors (Lipinski definition) is 3. The highest BCUT2D eigenvalue weighted by molar-refractivity contribution is 14.0. The summed E-state index contributed by atoms with van der Waals surface area (Å²) in [6, 6.07) is 15.8. The molecule has 5 heteroatoms. The monoisotopic (exact) mass is 439 g/mol. The molecule has 3 N–H and O–H groups in total. The fraction of sp³-hybridized carbons (Fsp3) is 0.316. The zero-order valence-corrected chi connectivity index (χ0v) is 16.6. The highest BCUT2D eigenvalue weighted by Crippen LogP contribution is 2.10. The van der Waals surface area contributed by atoms with E-state index in [9.17, 15) is 5.11 Å². The van der Waals surface area contributed by atoms with Gasteiger partial charge in [0.15, 0.2) is 5.96 Å². The van der Waals surface area contributed by atoms with Crippen molar-refractivity contribution < 1.29 is 5.11 Å². The molecule has 0 aromatic heterocycles. The van der Waals surface area contributed by atoms with Gasteiger partial charge in [-0.1, -0.05) is 42.0 Å². The zero-order chi connectivity index (χ0) is 16.5. The molecule has 0 aliphatic heterocycles. The summed E-state index contributed by atoms with van der Waals surface area (Å²) in [5.41, 5.74) is 3.56. The molecule has 2 rings (SSSR count). The van der Waals surface area contributed by atoms with E-state index in [4.69, 9.17) is 0 Å². The van der Waals surface area contributed by atoms with Crippen LogP contribution in [-0.4, -0.2) is 24.2 Å². The van der Waals surface area contributed by atoms with Gasteiger partial charge in [0.25, 0.3) is 0 Å². The normalized spacial score (nSPS) is 10.8. The number of hydrogen-bond acceptors (Lipinski definition) is 2. The van der Waals surface area contributed by atoms with Crippen molar-refractivity contribution in [2.75, 3.05) is 13.1 Å². The van der Waals surface area contributed by atoms with E-state index in [0.717, 1.165) is 31.0 Å². The van der Waals surface area contributed by atoms with Crippen LogP contribution < -0.4 is 10.6 Å². The molecule has 2 aromatic carbocycles. The van der Waals surface area contributed by atoms with Crippen molar-refractivity contribution in [2.45, 2.75) is 26.8 Å². The van der Waals surface area contributed by atoms with E-state index in [0.29, 0.717) is 12.3 Å². The predicted octanol–water partition coefficient (Wildman–Crippen LogP) is 3.62. The van der Waals surface area contributed by atoms with Crippen molar-refractivity contribution in [1.82, 2.24) is 10.6 Å². The molecule has 0 atom stereocenters. The molecule has 24 heavy (non-hydrogen) atoms. The zero-order valence-electron chi connectivity index (χ0n) is 14.2. The number of nitrogens with zero attached hydrogens (tertiary/aromatic N) is 1. The lowest BCUT2D eigenvalue weighted by molar-refractivity contribution is 0.474. The van der Waals surface area contributed by atoms with Crippen LogP contribution in [0, 0.1) is 6.92 Å². The van der Waals surface area contributed by atoms with Gasteiger partial charge in [-0.05, 0) is 43.5 Å². The molecular formula is C19H26IN3O. The lowest BCUT2D eigenvalue weighted by Crippen LogP contribution is -2.38. The van der Waals surface area contributed by atoms with Crippen molar-refractivity contribution >= 4 is 29.9 Å². The summed E-state index contributed by atoms with van der Waals surface area (Å²) in [7, 11) is 0. The number of guanidine groups is 1. The number of phenolic OH excluding ortho intramolecular Hbond substituents is 1. The molecule has 0 heterocycles. The molecule has 0 amide bonds. The smallest absolute Gasteiger partial charge is 0.191 e. The topological polar surface area (TPSA) is 56.7 Å². The fourth-order valence-corrected chi connectivity index (χ4v) is 2.24. The Bertz CT molecular complexity index is 641. The average Bonchev–Trinajstić information content (AvgIpc) is 2.54. The summed E-state index contributed by atoms with van der Waals surface area (Å²) < 4.78 is 0. The number of rotatable bonds is 6. The summed E-state index contributed by atoms with van der Waals surface area (Å²) in [5, 5.41) is 16.1. The second kappa shape index (κ2) is 10.9. The number of phenols is 1. The number of nitrogens with one attached hydrogen (secondary N) is 2. The Balaban J connectivity index is 0.00000288. The molecule has 0 saturated carbocycles. The minimum absolute atomic E-state index is 0. The first kappa shape index (κ1) is 20.3. The minimum Gasteiger partial charge on any atom is -0.508 e. The fourth-order valence-electron chi connectivity index (χ4n) is 2.24. The standard InChI is InChI=1S/C19H25N3O.HI/c1-3-20-19(22-14-17-9-7-15(2)8-10-17)21-12-11-16-5-4-6-18(23)13-16;/h4-10,13,23H,3,11-12,14H2,1-2H3,(H2,20,21,22);1H. The molecule has 0 bridgehead atoms. The van der Waals surface area contributed by atoms with Crippen LogP contribution in [0.5, 0.6) is 5.75 Å². The van der Waals surface area contributed by atoms with Gasteiger partial charge in [-0.3, -0.25) is 0 Å². The van der Waals surface area contributed by atoms with E-state index in [1.54, 1.807) is 12.1 Å². The molecule has 0 unspecified atom stereocenters. The molecule has 130 valence electrons. The summed E-state index contributed by atoms with van der Waals surface area (Å²) >= 11 is 0. The van der Waals surface area contributed by atoms with Crippen LogP contribution in [0.3, 0.4) is 0 Å². The van der Waals surface area contributed by atoms with Gasteiger partial charge in [0.05, 0.1) is 6.54 Å². The molecule has 0 aliphatic rings. The lowest BCUT2D eigenvalue weighted by Gasteiger charge is -2.11. The van der Waals surface area contributed by atoms with E-state index in [2.05, 4.69) is 53.7 Å². The predicted molar refractivity (Wildman–Crippen MR) is 111 cm³/mol. The maximum Gasteiger partial charge on any atom is 0.191 e. The minimum atomic E-state index is 0. The second-order valence-electron chi connectivity index (χ2n) is 5.53. The van der Waals surface area contributed by atoms with Crippen LogP contribution in [0.15, 0.2) is 53.5 Å². The molecule has 0 saturated heterocycles. The molecular weight excluding hydrogens is 413 g/mol. The van der Waals surface area contributed by atoms with E-state index in [1.165, 1.54) is 11.1 Å². The first-order valence-corrected chi connectivity index (χ1v) is 8.03. The van der Waals surface area contributed by atoms with Gasteiger partial charge >= 0.3 is 0 Å². The van der Waals surface area contributed by atoms with Crippen molar-refractivity contribution in [3.8, 4) is 5.75 Å². The Kier molecular flexibility index (Phi) is 9.22. The summed E-state index contributed by atoms with van der Waals surface area (Å²) in [5.74, 6) is 1.12. The molecule has 2 aromatic rings. The third-order valence-corrected chi connectivity index (χ3v) is 3.50. The molecule has 4 nitrogen and oxygen atoms in total. The summed E-state index contributed by atoms with van der Waals surface area (Å²) in [6.45, 7) is 6.38. The van der Waals surface area contributed by atoms with Gasteiger partial charge in [-0.2, -0.15) is 0 Å². The SMILES string of the molecule is CCNC(=NCc1ccc(C)cc1)NCCc1cccc(O)c1.I. The van der Waals surface area contributed by atoms with Gasteiger partial charge in [0.2, 0.25) is 0 Å². The Morgan fingerprint density at radius 1 is 1.04 bits per heavy atom. The van der Waals surface area contributed by atoms with E-state index >= 15 is 0 Å². The van der Waals surface area contributed by atoms with Crippen LogP contribution in [0.2, 0.25) is 0 Å². The Morgan fingerprint density at radius 2 is 1.79 bits per heavy atom. The number of aliphatic imine (C=N–C) groups is 1. The highest BCUT2D eigenvalue weighted by atomic mass is 127. The molecule has 0 aliphatic carbocycles. The van der Waals surface area contributed by atoms with Gasteiger partial charge in [-0.25, -0.2) is 4.99 Å². The maximum absolute atomic E-state index is 9.48. The van der Waals surface area contributed by atoms with Crippen molar-refractivity contribution in [3.63, 3.8) is 0 Å². The number of aryl methyl sites for hydroxylation is 1. The second-order valence-corrected chi connectivity index (χ2v) is 5.53. The van der Waals surface area contributed by atoms with Crippen molar-refractivity contribution in [2.24, 2.45) is 4.99 Å². The van der Waals surface area contributed by atoms with Crippen LogP contribution in [0.1, 0.15) is 23.6 Å². The molecule has 0 fully saturated rings. The summed E-state index contributed by atoms with van der Waals surface area (Å²) in [4.78, 5) is 4.61. The van der Waals surface area contributed by atoms with Gasteiger partial charge < -0.3 is 15.7 Å². The first-order chi connectivity index (χ1) is 11.2. The van der Waals surface area contributed by atoms with E-state index in [1.807, 2.05) is 12.1 Å². The molecule has 0 spiro atoms.